The van der Waals surface area contributed by atoms with Crippen LogP contribution in [-0.2, 0) is 6.54 Å². The van der Waals surface area contributed by atoms with Crippen LogP contribution in [0, 0.1) is 6.92 Å². The first-order valence-electron chi connectivity index (χ1n) is 5.90. The van der Waals surface area contributed by atoms with E-state index in [9.17, 15) is 0 Å². The molecule has 86 valence electrons. The summed E-state index contributed by atoms with van der Waals surface area (Å²) in [4.78, 5) is 6.87. The van der Waals surface area contributed by atoms with Crippen molar-refractivity contribution in [2.75, 3.05) is 13.1 Å². The Morgan fingerprint density at radius 2 is 2.06 bits per heavy atom. The zero-order valence-electron chi connectivity index (χ0n) is 10.3. The molecule has 2 aromatic heterocycles. The minimum Gasteiger partial charge on any atom is -0.303 e. The van der Waals surface area contributed by atoms with Gasteiger partial charge >= 0.3 is 0 Å². The molecule has 0 saturated heterocycles. The fraction of sp³-hybridized carbons (Fsp3) is 0.462. The molecule has 3 heteroatoms. The summed E-state index contributed by atoms with van der Waals surface area (Å²) in [5, 5.41) is 0. The molecule has 3 nitrogen and oxygen atoms in total. The van der Waals surface area contributed by atoms with Crippen molar-refractivity contribution in [2.45, 2.75) is 27.3 Å². The smallest absolute Gasteiger partial charge is 0.139 e. The maximum Gasteiger partial charge on any atom is 0.139 e. The molecular formula is C13H19N3. The second-order valence-electron chi connectivity index (χ2n) is 4.10. The van der Waals surface area contributed by atoms with Gasteiger partial charge in [-0.2, -0.15) is 0 Å². The van der Waals surface area contributed by atoms with Crippen LogP contribution in [0.3, 0.4) is 0 Å². The van der Waals surface area contributed by atoms with Gasteiger partial charge in [-0.1, -0.05) is 19.9 Å². The Balaban J connectivity index is 2.35. The zero-order valence-corrected chi connectivity index (χ0v) is 10.3. The van der Waals surface area contributed by atoms with E-state index in [0.29, 0.717) is 0 Å². The highest BCUT2D eigenvalue weighted by atomic mass is 15.1. The van der Waals surface area contributed by atoms with Crippen LogP contribution in [0.4, 0.5) is 0 Å². The Morgan fingerprint density at radius 3 is 2.75 bits per heavy atom. The van der Waals surface area contributed by atoms with Crippen LogP contribution < -0.4 is 0 Å². The van der Waals surface area contributed by atoms with Crippen LogP contribution in [0.25, 0.3) is 5.65 Å². The maximum atomic E-state index is 4.48. The summed E-state index contributed by atoms with van der Waals surface area (Å²) in [7, 11) is 0. The average Bonchev–Trinajstić information content (AvgIpc) is 2.71. The first-order valence-corrected chi connectivity index (χ1v) is 5.90. The molecule has 0 bridgehead atoms. The summed E-state index contributed by atoms with van der Waals surface area (Å²) in [6.45, 7) is 9.61. The highest BCUT2D eigenvalue weighted by molar-refractivity contribution is 5.48. The molecule has 0 unspecified atom stereocenters. The van der Waals surface area contributed by atoms with Crippen molar-refractivity contribution in [1.29, 1.82) is 0 Å². The van der Waals surface area contributed by atoms with Gasteiger partial charge in [-0.3, -0.25) is 4.90 Å². The molecule has 0 aliphatic heterocycles. The predicted molar refractivity (Wildman–Crippen MR) is 66.6 cm³/mol. The van der Waals surface area contributed by atoms with E-state index in [0.717, 1.165) is 25.3 Å². The van der Waals surface area contributed by atoms with Gasteiger partial charge in [-0.05, 0) is 31.6 Å². The van der Waals surface area contributed by atoms with Crippen molar-refractivity contribution in [1.82, 2.24) is 14.3 Å². The van der Waals surface area contributed by atoms with Crippen LogP contribution in [-0.4, -0.2) is 27.4 Å². The summed E-state index contributed by atoms with van der Waals surface area (Å²) < 4.78 is 2.19. The van der Waals surface area contributed by atoms with Gasteiger partial charge in [0.05, 0.1) is 11.9 Å². The molecule has 2 heterocycles. The van der Waals surface area contributed by atoms with E-state index in [4.69, 9.17) is 0 Å². The van der Waals surface area contributed by atoms with Crippen molar-refractivity contribution in [3.8, 4) is 0 Å². The van der Waals surface area contributed by atoms with Crippen LogP contribution in [0.2, 0.25) is 0 Å². The Labute approximate surface area is 96.7 Å². The molecule has 0 aliphatic carbocycles. The minimum absolute atomic E-state index is 0.970. The van der Waals surface area contributed by atoms with Crippen LogP contribution in [0.5, 0.6) is 0 Å². The van der Waals surface area contributed by atoms with Crippen LogP contribution in [0.1, 0.15) is 25.1 Å². The topological polar surface area (TPSA) is 20.5 Å². The van der Waals surface area contributed by atoms with Crippen molar-refractivity contribution >= 4 is 5.65 Å². The Bertz CT molecular complexity index is 469. The average molecular weight is 217 g/mol. The van der Waals surface area contributed by atoms with Gasteiger partial charge < -0.3 is 4.40 Å². The normalized spacial score (nSPS) is 11.5. The van der Waals surface area contributed by atoms with E-state index >= 15 is 0 Å². The fourth-order valence-electron chi connectivity index (χ4n) is 2.00. The maximum absolute atomic E-state index is 4.48. The second kappa shape index (κ2) is 4.66. The molecule has 0 atom stereocenters. The number of rotatable bonds is 4. The Hall–Kier alpha value is -1.35. The molecule has 0 aromatic carbocycles. The summed E-state index contributed by atoms with van der Waals surface area (Å²) in [6.07, 6.45) is 4.08. The largest absolute Gasteiger partial charge is 0.303 e. The molecular weight excluding hydrogens is 198 g/mol. The molecule has 0 saturated carbocycles. The van der Waals surface area contributed by atoms with E-state index in [-0.39, 0.29) is 0 Å². The first-order chi connectivity index (χ1) is 7.76. The Morgan fingerprint density at radius 1 is 1.31 bits per heavy atom. The first kappa shape index (κ1) is 11.1. The van der Waals surface area contributed by atoms with Crippen LogP contribution in [0.15, 0.2) is 24.5 Å². The molecule has 2 aromatic rings. The van der Waals surface area contributed by atoms with Gasteiger partial charge in [0, 0.05) is 12.7 Å². The van der Waals surface area contributed by atoms with Crippen molar-refractivity contribution in [2.24, 2.45) is 0 Å². The van der Waals surface area contributed by atoms with Crippen LogP contribution >= 0.6 is 0 Å². The number of pyridine rings is 1. The highest BCUT2D eigenvalue weighted by Crippen LogP contribution is 2.12. The molecule has 0 amide bonds. The van der Waals surface area contributed by atoms with E-state index in [2.05, 4.69) is 53.4 Å². The zero-order chi connectivity index (χ0) is 11.5. The van der Waals surface area contributed by atoms with Gasteiger partial charge in [-0.15, -0.1) is 0 Å². The summed E-state index contributed by atoms with van der Waals surface area (Å²) >= 11 is 0. The van der Waals surface area contributed by atoms with Gasteiger partial charge in [0.1, 0.15) is 5.65 Å². The number of hydrogen-bond acceptors (Lipinski definition) is 2. The third-order valence-corrected chi connectivity index (χ3v) is 3.09. The number of fused-ring (bicyclic) bond motifs is 1. The van der Waals surface area contributed by atoms with E-state index < -0.39 is 0 Å². The fourth-order valence-corrected chi connectivity index (χ4v) is 2.00. The highest BCUT2D eigenvalue weighted by Gasteiger charge is 2.07. The second-order valence-corrected chi connectivity index (χ2v) is 4.10. The number of nitrogens with zero attached hydrogens (tertiary/aromatic N) is 3. The third kappa shape index (κ3) is 1.95. The molecule has 2 rings (SSSR count). The lowest BCUT2D eigenvalue weighted by Gasteiger charge is -2.17. The standard InChI is InChI=1S/C13H19N3/c1-4-15(5-2)10-12-9-14-13-11(3)7-6-8-16(12)13/h6-9H,4-5,10H2,1-3H3. The molecule has 0 aliphatic rings. The van der Waals surface area contributed by atoms with E-state index in [1.54, 1.807) is 0 Å². The number of aryl methyl sites for hydroxylation is 1. The van der Waals surface area contributed by atoms with Gasteiger partial charge in [0.2, 0.25) is 0 Å². The number of hydrogen-bond donors (Lipinski definition) is 0. The SMILES string of the molecule is CCN(CC)Cc1cnc2c(C)cccn12. The molecule has 0 spiro atoms. The van der Waals surface area contributed by atoms with Gasteiger partial charge in [-0.25, -0.2) is 4.98 Å². The molecule has 0 fully saturated rings. The minimum atomic E-state index is 0.970. The van der Waals surface area contributed by atoms with E-state index in [1.165, 1.54) is 11.3 Å². The van der Waals surface area contributed by atoms with Gasteiger partial charge in [0.25, 0.3) is 0 Å². The summed E-state index contributed by atoms with van der Waals surface area (Å²) in [6, 6.07) is 4.18. The monoisotopic (exact) mass is 217 g/mol. The number of imidazole rings is 1. The third-order valence-electron chi connectivity index (χ3n) is 3.09. The Kier molecular flexibility index (Phi) is 3.25. The van der Waals surface area contributed by atoms with Crippen molar-refractivity contribution in [3.05, 3.63) is 35.8 Å². The molecule has 16 heavy (non-hydrogen) atoms. The number of aromatic nitrogens is 2. The predicted octanol–water partition coefficient (Wildman–Crippen LogP) is 2.48. The quantitative estimate of drug-likeness (QED) is 0.784. The lowest BCUT2D eigenvalue weighted by atomic mass is 10.3. The summed E-state index contributed by atoms with van der Waals surface area (Å²) in [5.74, 6) is 0. The lowest BCUT2D eigenvalue weighted by molar-refractivity contribution is 0.291. The summed E-state index contributed by atoms with van der Waals surface area (Å²) in [5.41, 5.74) is 3.57. The van der Waals surface area contributed by atoms with E-state index in [1.807, 2.05) is 6.20 Å². The van der Waals surface area contributed by atoms with Crippen molar-refractivity contribution < 1.29 is 0 Å². The lowest BCUT2D eigenvalue weighted by Crippen LogP contribution is -2.22. The van der Waals surface area contributed by atoms with Crippen molar-refractivity contribution in [3.63, 3.8) is 0 Å². The molecule has 0 N–H and O–H groups in total. The van der Waals surface area contributed by atoms with Gasteiger partial charge in [0.15, 0.2) is 0 Å². The molecule has 0 radical (unpaired) electrons.